The quantitative estimate of drug-likeness (QED) is 0.724. The molecule has 0 aliphatic heterocycles. The van der Waals surface area contributed by atoms with E-state index in [1.807, 2.05) is 32.9 Å². The number of halogens is 1. The number of carbonyl (C=O) groups is 2. The molecule has 1 aromatic rings. The summed E-state index contributed by atoms with van der Waals surface area (Å²) in [4.78, 5) is 23.1. The maximum atomic E-state index is 12.0. The second-order valence-corrected chi connectivity index (χ2v) is 5.96. The van der Waals surface area contributed by atoms with Gasteiger partial charge in [-0.2, -0.15) is 0 Å². The maximum absolute atomic E-state index is 12.0. The number of aliphatic carboxylic acids is 1. The fourth-order valence-electron chi connectivity index (χ4n) is 2.08. The Hall–Kier alpha value is -1.56. The van der Waals surface area contributed by atoms with Crippen LogP contribution in [0.25, 0.3) is 0 Å². The molecule has 0 radical (unpaired) electrons. The Morgan fingerprint density at radius 3 is 2.33 bits per heavy atom. The largest absolute Gasteiger partial charge is 0.480 e. The molecule has 0 spiro atoms. The molecule has 116 valence electrons. The number of carboxylic acid groups (broad SMARTS) is 1. The zero-order valence-corrected chi connectivity index (χ0v) is 14.1. The van der Waals surface area contributed by atoms with Gasteiger partial charge in [0, 0.05) is 10.2 Å². The average Bonchev–Trinajstić information content (AvgIpc) is 2.38. The van der Waals surface area contributed by atoms with E-state index in [9.17, 15) is 9.59 Å². The molecule has 1 aromatic carbocycles. The zero-order valence-electron chi connectivity index (χ0n) is 12.5. The number of aryl methyl sites for hydroxylation is 2. The van der Waals surface area contributed by atoms with Gasteiger partial charge >= 0.3 is 12.0 Å². The Bertz CT molecular complexity index is 509. The molecule has 1 rings (SSSR count). The monoisotopic (exact) mass is 356 g/mol. The summed E-state index contributed by atoms with van der Waals surface area (Å²) in [5, 5.41) is 14.4. The number of unbranched alkanes of at least 4 members (excludes halogenated alkanes) is 1. The van der Waals surface area contributed by atoms with Crippen LogP contribution < -0.4 is 10.6 Å². The second kappa shape index (κ2) is 8.02. The summed E-state index contributed by atoms with van der Waals surface area (Å²) < 4.78 is 0.940. The van der Waals surface area contributed by atoms with Crippen molar-refractivity contribution in [3.05, 3.63) is 27.7 Å². The number of nitrogens with one attached hydrogen (secondary N) is 2. The van der Waals surface area contributed by atoms with Crippen molar-refractivity contribution in [2.75, 3.05) is 5.32 Å². The van der Waals surface area contributed by atoms with E-state index in [0.29, 0.717) is 12.1 Å². The third-order valence-corrected chi connectivity index (χ3v) is 3.64. The summed E-state index contributed by atoms with van der Waals surface area (Å²) in [6.45, 7) is 5.76. The van der Waals surface area contributed by atoms with Gasteiger partial charge in [-0.25, -0.2) is 9.59 Å². The lowest BCUT2D eigenvalue weighted by atomic mass is 10.1. The number of amides is 2. The third-order valence-electron chi connectivity index (χ3n) is 3.19. The van der Waals surface area contributed by atoms with E-state index < -0.39 is 18.0 Å². The molecule has 0 bridgehead atoms. The summed E-state index contributed by atoms with van der Waals surface area (Å²) in [5.74, 6) is -1.01. The van der Waals surface area contributed by atoms with Gasteiger partial charge in [0.2, 0.25) is 0 Å². The van der Waals surface area contributed by atoms with E-state index in [1.165, 1.54) is 0 Å². The minimum atomic E-state index is -1.01. The van der Waals surface area contributed by atoms with Crippen LogP contribution in [0.4, 0.5) is 10.5 Å². The van der Waals surface area contributed by atoms with Crippen molar-refractivity contribution in [3.8, 4) is 0 Å². The lowest BCUT2D eigenvalue weighted by molar-refractivity contribution is -0.139. The topological polar surface area (TPSA) is 78.4 Å². The van der Waals surface area contributed by atoms with Gasteiger partial charge in [0.25, 0.3) is 0 Å². The predicted octanol–water partition coefficient (Wildman–Crippen LogP) is 3.83. The first kappa shape index (κ1) is 17.5. The van der Waals surface area contributed by atoms with E-state index in [1.54, 1.807) is 0 Å². The van der Waals surface area contributed by atoms with Gasteiger partial charge < -0.3 is 15.7 Å². The number of anilines is 1. The van der Waals surface area contributed by atoms with Crippen molar-refractivity contribution in [1.82, 2.24) is 5.32 Å². The fourth-order valence-corrected chi connectivity index (χ4v) is 2.77. The van der Waals surface area contributed by atoms with Crippen molar-refractivity contribution in [2.45, 2.75) is 46.1 Å². The van der Waals surface area contributed by atoms with Crippen molar-refractivity contribution in [1.29, 1.82) is 0 Å². The highest BCUT2D eigenvalue weighted by atomic mass is 79.9. The van der Waals surface area contributed by atoms with Crippen LogP contribution in [-0.2, 0) is 4.79 Å². The minimum Gasteiger partial charge on any atom is -0.480 e. The van der Waals surface area contributed by atoms with Crippen LogP contribution in [0.1, 0.15) is 37.3 Å². The first-order valence-corrected chi connectivity index (χ1v) is 7.71. The van der Waals surface area contributed by atoms with E-state index in [4.69, 9.17) is 5.11 Å². The maximum Gasteiger partial charge on any atom is 0.326 e. The standard InChI is InChI=1S/C15H21BrN2O3/c1-4-5-6-12(14(19)20)17-15(21)18-13-9(2)7-11(16)8-10(13)3/h7-8,12H,4-6H2,1-3H3,(H,19,20)(H2,17,18,21)/t12-/m0/s1. The zero-order chi connectivity index (χ0) is 16.0. The molecule has 0 aliphatic rings. The first-order valence-electron chi connectivity index (χ1n) is 6.92. The Kier molecular flexibility index (Phi) is 6.68. The van der Waals surface area contributed by atoms with Gasteiger partial charge in [0.15, 0.2) is 0 Å². The van der Waals surface area contributed by atoms with Crippen LogP contribution in [-0.4, -0.2) is 23.1 Å². The Balaban J connectivity index is 2.74. The Labute approximate surface area is 133 Å². The molecule has 6 heteroatoms. The summed E-state index contributed by atoms with van der Waals surface area (Å²) in [7, 11) is 0. The number of hydrogen-bond acceptors (Lipinski definition) is 2. The highest BCUT2D eigenvalue weighted by Crippen LogP contribution is 2.25. The third kappa shape index (κ3) is 5.38. The summed E-state index contributed by atoms with van der Waals surface area (Å²) >= 11 is 3.40. The molecule has 21 heavy (non-hydrogen) atoms. The van der Waals surface area contributed by atoms with Gasteiger partial charge in [-0.15, -0.1) is 0 Å². The minimum absolute atomic E-state index is 0.428. The molecule has 0 fully saturated rings. The van der Waals surface area contributed by atoms with Gasteiger partial charge in [0.05, 0.1) is 0 Å². The molecule has 5 nitrogen and oxygen atoms in total. The number of rotatable bonds is 6. The van der Waals surface area contributed by atoms with Gasteiger partial charge in [-0.1, -0.05) is 35.7 Å². The van der Waals surface area contributed by atoms with E-state index in [0.717, 1.165) is 28.4 Å². The fraction of sp³-hybridized carbons (Fsp3) is 0.467. The first-order chi connectivity index (χ1) is 9.85. The average molecular weight is 357 g/mol. The Morgan fingerprint density at radius 2 is 1.86 bits per heavy atom. The SMILES string of the molecule is CCCC[C@H](NC(=O)Nc1c(C)cc(Br)cc1C)C(=O)O. The van der Waals surface area contributed by atoms with Crippen molar-refractivity contribution < 1.29 is 14.7 Å². The van der Waals surface area contributed by atoms with E-state index >= 15 is 0 Å². The molecule has 2 amide bonds. The second-order valence-electron chi connectivity index (χ2n) is 5.05. The highest BCUT2D eigenvalue weighted by molar-refractivity contribution is 9.10. The molecule has 0 unspecified atom stereocenters. The molecule has 0 heterocycles. The summed E-state index contributed by atoms with van der Waals surface area (Å²) in [6, 6.07) is 2.44. The molecular weight excluding hydrogens is 336 g/mol. The number of benzene rings is 1. The van der Waals surface area contributed by atoms with Gasteiger partial charge in [-0.05, 0) is 43.5 Å². The highest BCUT2D eigenvalue weighted by Gasteiger charge is 2.19. The normalized spacial score (nSPS) is 11.8. The van der Waals surface area contributed by atoms with Crippen LogP contribution in [0, 0.1) is 13.8 Å². The smallest absolute Gasteiger partial charge is 0.326 e. The van der Waals surface area contributed by atoms with Crippen LogP contribution >= 0.6 is 15.9 Å². The molecular formula is C15H21BrN2O3. The molecule has 0 saturated heterocycles. The van der Waals surface area contributed by atoms with Crippen molar-refractivity contribution in [2.24, 2.45) is 0 Å². The molecule has 1 atom stereocenters. The summed E-state index contributed by atoms with van der Waals surface area (Å²) in [6.07, 6.45) is 2.07. The van der Waals surface area contributed by atoms with Crippen LogP contribution in [0.2, 0.25) is 0 Å². The van der Waals surface area contributed by atoms with E-state index in [2.05, 4.69) is 26.6 Å². The van der Waals surface area contributed by atoms with Crippen molar-refractivity contribution in [3.63, 3.8) is 0 Å². The number of carbonyl (C=O) groups excluding carboxylic acids is 1. The molecule has 0 aromatic heterocycles. The molecule has 3 N–H and O–H groups in total. The lowest BCUT2D eigenvalue weighted by Gasteiger charge is -2.17. The van der Waals surface area contributed by atoms with Crippen LogP contribution in [0.5, 0.6) is 0 Å². The predicted molar refractivity (Wildman–Crippen MR) is 86.7 cm³/mol. The number of carboxylic acids is 1. The number of hydrogen-bond donors (Lipinski definition) is 3. The van der Waals surface area contributed by atoms with E-state index in [-0.39, 0.29) is 0 Å². The van der Waals surface area contributed by atoms with Gasteiger partial charge in [-0.3, -0.25) is 0 Å². The summed E-state index contributed by atoms with van der Waals surface area (Å²) in [5.41, 5.74) is 2.53. The van der Waals surface area contributed by atoms with Crippen molar-refractivity contribution >= 4 is 33.6 Å². The molecule has 0 saturated carbocycles. The van der Waals surface area contributed by atoms with Crippen LogP contribution in [0.3, 0.4) is 0 Å². The molecule has 0 aliphatic carbocycles. The van der Waals surface area contributed by atoms with Crippen LogP contribution in [0.15, 0.2) is 16.6 Å². The lowest BCUT2D eigenvalue weighted by Crippen LogP contribution is -2.43. The Morgan fingerprint density at radius 1 is 1.29 bits per heavy atom. The number of urea groups is 1. The van der Waals surface area contributed by atoms with Gasteiger partial charge in [0.1, 0.15) is 6.04 Å².